The highest BCUT2D eigenvalue weighted by Gasteiger charge is 2.54. The number of benzene rings is 1. The van der Waals surface area contributed by atoms with Crippen LogP contribution in [0, 0.1) is 0 Å². The Bertz CT molecular complexity index is 1100. The lowest BCUT2D eigenvalue weighted by Gasteiger charge is -2.32. The first-order valence-corrected chi connectivity index (χ1v) is 12.5. The van der Waals surface area contributed by atoms with Crippen LogP contribution in [0.2, 0.25) is 0 Å². The molecule has 2 saturated heterocycles. The van der Waals surface area contributed by atoms with Crippen molar-refractivity contribution in [1.29, 1.82) is 0 Å². The number of imide groups is 1. The van der Waals surface area contributed by atoms with E-state index < -0.39 is 63.9 Å². The number of urea groups is 1. The van der Waals surface area contributed by atoms with Crippen molar-refractivity contribution < 1.29 is 44.3 Å². The fraction of sp³-hybridized carbons (Fsp3) is 0.478. The van der Waals surface area contributed by atoms with Crippen LogP contribution >= 0.6 is 11.8 Å². The first kappa shape index (κ1) is 27.9. The van der Waals surface area contributed by atoms with E-state index in [0.717, 1.165) is 11.8 Å². The normalized spacial score (nSPS) is 22.8. The van der Waals surface area contributed by atoms with Crippen LogP contribution in [0.3, 0.4) is 0 Å². The summed E-state index contributed by atoms with van der Waals surface area (Å²) < 4.78 is -0.810. The van der Waals surface area contributed by atoms with Crippen LogP contribution in [0.15, 0.2) is 30.3 Å². The quantitative estimate of drug-likeness (QED) is 0.248. The van der Waals surface area contributed by atoms with Gasteiger partial charge in [-0.2, -0.15) is 0 Å². The van der Waals surface area contributed by atoms with Crippen LogP contribution in [0.5, 0.6) is 0 Å². The van der Waals surface area contributed by atoms with Gasteiger partial charge in [-0.15, -0.1) is 0 Å². The number of quaternary nitrogens is 1. The highest BCUT2D eigenvalue weighted by atomic mass is 32.2. The summed E-state index contributed by atoms with van der Waals surface area (Å²) in [6, 6.07) is 3.22. The largest absolute Gasteiger partial charge is 0.480 e. The number of hydrogen-bond donors (Lipinski definition) is 5. The zero-order chi connectivity index (χ0) is 27.5. The second kappa shape index (κ2) is 11.2. The van der Waals surface area contributed by atoms with E-state index in [1.165, 1.54) is 10.2 Å². The minimum absolute atomic E-state index is 0.0650. The van der Waals surface area contributed by atoms with Crippen LogP contribution in [0.25, 0.3) is 0 Å². The number of nitrogens with two attached hydrogens (primary N) is 1. The van der Waals surface area contributed by atoms with E-state index in [0.29, 0.717) is 17.0 Å². The Kier molecular flexibility index (Phi) is 8.43. The van der Waals surface area contributed by atoms with Gasteiger partial charge in [-0.1, -0.05) is 42.1 Å². The Hall–Kier alpha value is -3.65. The molecule has 1 aromatic rings. The second-order valence-corrected chi connectivity index (χ2v) is 11.0. The van der Waals surface area contributed by atoms with Crippen LogP contribution in [-0.2, 0) is 24.0 Å². The van der Waals surface area contributed by atoms with Gasteiger partial charge in [-0.25, -0.2) is 14.4 Å². The fourth-order valence-corrected chi connectivity index (χ4v) is 5.87. The van der Waals surface area contributed by atoms with E-state index in [2.05, 4.69) is 10.6 Å². The van der Waals surface area contributed by atoms with Crippen molar-refractivity contribution in [3.63, 3.8) is 0 Å². The number of carboxylic acids is 2. The molecule has 0 aromatic heterocycles. The molecule has 0 saturated carbocycles. The van der Waals surface area contributed by atoms with E-state index in [4.69, 9.17) is 0 Å². The topological polar surface area (TPSA) is 190 Å². The van der Waals surface area contributed by atoms with E-state index in [9.17, 15) is 39.0 Å². The maximum absolute atomic E-state index is 13.3. The van der Waals surface area contributed by atoms with Crippen molar-refractivity contribution in [1.82, 2.24) is 20.4 Å². The van der Waals surface area contributed by atoms with Gasteiger partial charge in [0.15, 0.2) is 17.5 Å². The molecule has 200 valence electrons. The number of nitrogens with zero attached hydrogens (tertiary/aromatic N) is 2. The molecule has 0 bridgehead atoms. The lowest BCUT2D eigenvalue weighted by atomic mass is 10.0. The number of likely N-dealkylation sites (N-methyl/N-ethyl adjacent to an activating group) is 1. The molecular weight excluding hydrogens is 506 g/mol. The summed E-state index contributed by atoms with van der Waals surface area (Å²) in [6.07, 6.45) is 0. The summed E-state index contributed by atoms with van der Waals surface area (Å²) in [5, 5.41) is 24.8. The second-order valence-electron chi connectivity index (χ2n) is 9.15. The number of amides is 5. The number of aliphatic carboxylic acids is 2. The molecular formula is C23H30N5O8S+. The molecule has 37 heavy (non-hydrogen) atoms. The predicted molar refractivity (Wildman–Crippen MR) is 130 cm³/mol. The first-order valence-electron chi connectivity index (χ1n) is 11.6. The van der Waals surface area contributed by atoms with Gasteiger partial charge >= 0.3 is 29.8 Å². The van der Waals surface area contributed by atoms with Crippen molar-refractivity contribution in [2.75, 3.05) is 19.6 Å². The zero-order valence-electron chi connectivity index (χ0n) is 20.5. The third kappa shape index (κ3) is 6.02. The lowest BCUT2D eigenvalue weighted by Crippen LogP contribution is -2.97. The summed E-state index contributed by atoms with van der Waals surface area (Å²) in [5.74, 6) is -5.21. The summed E-state index contributed by atoms with van der Waals surface area (Å²) in [4.78, 5) is 76.7. The molecule has 0 spiro atoms. The Morgan fingerprint density at radius 1 is 1.08 bits per heavy atom. The molecule has 2 aliphatic heterocycles. The highest BCUT2D eigenvalue weighted by Crippen LogP contribution is 2.34. The van der Waals surface area contributed by atoms with Crippen molar-refractivity contribution in [3.05, 3.63) is 35.9 Å². The van der Waals surface area contributed by atoms with E-state index in [1.54, 1.807) is 51.1 Å². The van der Waals surface area contributed by atoms with E-state index >= 15 is 0 Å². The highest BCUT2D eigenvalue weighted by molar-refractivity contribution is 8.01. The van der Waals surface area contributed by atoms with Crippen LogP contribution in [0.1, 0.15) is 32.4 Å². The van der Waals surface area contributed by atoms with Gasteiger partial charge in [0.25, 0.3) is 0 Å². The lowest BCUT2D eigenvalue weighted by molar-refractivity contribution is -0.685. The Balaban J connectivity index is 1.82. The minimum Gasteiger partial charge on any atom is -0.480 e. The fourth-order valence-electron chi connectivity index (χ4n) is 4.28. The molecule has 0 aliphatic carbocycles. The maximum atomic E-state index is 13.3. The monoisotopic (exact) mass is 536 g/mol. The average molecular weight is 537 g/mol. The summed E-state index contributed by atoms with van der Waals surface area (Å²) in [6.45, 7) is 5.45. The standard InChI is InChI=1S/C23H29N5O8S/c1-4-27-10-11-28(19(31)18(27)30)22(36)25-13(12-8-6-5-7-9-12)16(29)24-14(20(32)33)17-26-15(21(34)35)23(2,3)37-17/h5-9,13-15,17,26H,4,10-11H2,1-3H3,(H,24,29)(H,25,36)(H,32,33)(H,34,35)/p+1/t13-,14+,15+,17+/m1/s1. The maximum Gasteiger partial charge on any atom is 0.363 e. The predicted octanol–water partition coefficient (Wildman–Crippen LogP) is -1.43. The number of carbonyl (C=O) groups excluding carboxylic acids is 4. The zero-order valence-corrected chi connectivity index (χ0v) is 21.4. The van der Waals surface area contributed by atoms with Crippen LogP contribution in [0.4, 0.5) is 4.79 Å². The molecule has 5 amide bonds. The number of carbonyl (C=O) groups is 6. The van der Waals surface area contributed by atoms with E-state index in [-0.39, 0.29) is 13.1 Å². The van der Waals surface area contributed by atoms with E-state index in [1.807, 2.05) is 0 Å². The number of piperazine rings is 1. The molecule has 2 fully saturated rings. The van der Waals surface area contributed by atoms with Crippen LogP contribution < -0.4 is 16.0 Å². The van der Waals surface area contributed by atoms with Gasteiger partial charge in [0.05, 0.1) is 4.75 Å². The molecule has 0 unspecified atom stereocenters. The number of thioether (sulfide) groups is 1. The van der Waals surface area contributed by atoms with Crippen molar-refractivity contribution in [3.8, 4) is 0 Å². The minimum atomic E-state index is -1.49. The molecule has 6 N–H and O–H groups in total. The van der Waals surface area contributed by atoms with Gasteiger partial charge in [0.2, 0.25) is 5.91 Å². The van der Waals surface area contributed by atoms with Crippen molar-refractivity contribution >= 4 is 47.5 Å². The molecule has 14 heteroatoms. The molecule has 3 rings (SSSR count). The third-order valence-corrected chi connectivity index (χ3v) is 7.89. The van der Waals surface area contributed by atoms with Gasteiger partial charge in [0, 0.05) is 19.6 Å². The smallest absolute Gasteiger partial charge is 0.363 e. The number of nitrogens with one attached hydrogen (secondary N) is 2. The van der Waals surface area contributed by atoms with Crippen LogP contribution in [-0.4, -0.2) is 97.5 Å². The average Bonchev–Trinajstić information content (AvgIpc) is 3.17. The first-order chi connectivity index (χ1) is 17.4. The summed E-state index contributed by atoms with van der Waals surface area (Å²) in [7, 11) is 0. The Morgan fingerprint density at radius 2 is 1.73 bits per heavy atom. The molecule has 13 nitrogen and oxygen atoms in total. The summed E-state index contributed by atoms with van der Waals surface area (Å²) >= 11 is 1.12. The molecule has 2 aliphatic rings. The molecule has 4 atom stereocenters. The molecule has 0 radical (unpaired) electrons. The molecule has 1 aromatic carbocycles. The molecule has 2 heterocycles. The number of carboxylic acid groups (broad SMARTS) is 2. The Morgan fingerprint density at radius 3 is 2.27 bits per heavy atom. The van der Waals surface area contributed by atoms with Gasteiger partial charge in [0.1, 0.15) is 6.04 Å². The van der Waals surface area contributed by atoms with Crippen molar-refractivity contribution in [2.24, 2.45) is 0 Å². The van der Waals surface area contributed by atoms with Gasteiger partial charge in [-0.3, -0.25) is 19.3 Å². The van der Waals surface area contributed by atoms with Gasteiger partial charge < -0.3 is 31.1 Å². The summed E-state index contributed by atoms with van der Waals surface area (Å²) in [5.41, 5.74) is 0.315. The third-order valence-electron chi connectivity index (χ3n) is 6.33. The van der Waals surface area contributed by atoms with Crippen molar-refractivity contribution in [2.45, 2.75) is 49.0 Å². The van der Waals surface area contributed by atoms with Gasteiger partial charge in [-0.05, 0) is 26.3 Å². The number of hydrogen-bond acceptors (Lipinski definition) is 7. The SMILES string of the molecule is CCN1CCN(C(=O)N[C@@H](C(=O)N[C@H](C(=O)O)[C@H]2[NH2+][C@@H](C(=O)O)C(C)(C)S2)c2ccccc2)C(=O)C1=O. The number of rotatable bonds is 8. The Labute approximate surface area is 216 Å².